The maximum absolute atomic E-state index is 13.2. The average Bonchev–Trinajstić information content (AvgIpc) is 2.86. The fraction of sp³-hybridized carbons (Fsp3) is 0.632. The summed E-state index contributed by atoms with van der Waals surface area (Å²) in [5.74, 6) is -0.00246. The molecule has 0 aliphatic carbocycles. The number of pyridine rings is 1. The lowest BCUT2D eigenvalue weighted by atomic mass is 9.86. The lowest BCUT2D eigenvalue weighted by Gasteiger charge is -2.33. The Labute approximate surface area is 172 Å². The zero-order valence-electron chi connectivity index (χ0n) is 17.2. The van der Waals surface area contributed by atoms with Crippen molar-refractivity contribution in [2.45, 2.75) is 38.1 Å². The monoisotopic (exact) mass is 423 g/mol. The number of rotatable bonds is 4. The minimum Gasteiger partial charge on any atom is -0.342 e. The highest BCUT2D eigenvalue weighted by molar-refractivity contribution is 7.89. The minimum absolute atomic E-state index is 0.00246. The molecule has 10 heteroatoms. The number of nitrogens with one attached hydrogen (secondary N) is 1. The van der Waals surface area contributed by atoms with Gasteiger partial charge in [-0.15, -0.1) is 0 Å². The predicted molar refractivity (Wildman–Crippen MR) is 108 cm³/mol. The van der Waals surface area contributed by atoms with Crippen molar-refractivity contribution in [2.24, 2.45) is 5.41 Å². The molecule has 0 radical (unpaired) electrons. The molecule has 2 aliphatic heterocycles. The van der Waals surface area contributed by atoms with Crippen LogP contribution in [0.3, 0.4) is 0 Å². The van der Waals surface area contributed by atoms with Crippen molar-refractivity contribution in [1.82, 2.24) is 24.4 Å². The Morgan fingerprint density at radius 3 is 2.62 bits per heavy atom. The highest BCUT2D eigenvalue weighted by Crippen LogP contribution is 2.36. The van der Waals surface area contributed by atoms with Crippen LogP contribution in [0.15, 0.2) is 29.4 Å². The van der Waals surface area contributed by atoms with Crippen LogP contribution >= 0.6 is 0 Å². The van der Waals surface area contributed by atoms with Gasteiger partial charge < -0.3 is 15.1 Å². The van der Waals surface area contributed by atoms with Crippen LogP contribution in [0.2, 0.25) is 0 Å². The number of likely N-dealkylation sites (tertiary alicyclic amines) is 1. The molecule has 2 fully saturated rings. The second-order valence-electron chi connectivity index (χ2n) is 8.14. The van der Waals surface area contributed by atoms with Crippen molar-refractivity contribution in [1.29, 1.82) is 0 Å². The SMILES string of the molecule is CCN1CC2(CC1=O)CN(C(=O)NC(C)C)CCN(S(=O)(=O)c1cccnc1)C2. The van der Waals surface area contributed by atoms with Gasteiger partial charge >= 0.3 is 6.03 Å². The number of aromatic nitrogens is 1. The fourth-order valence-electron chi connectivity index (χ4n) is 4.07. The van der Waals surface area contributed by atoms with Gasteiger partial charge in [0.05, 0.1) is 0 Å². The molecule has 3 heterocycles. The largest absolute Gasteiger partial charge is 0.342 e. The molecule has 1 unspecified atom stereocenters. The summed E-state index contributed by atoms with van der Waals surface area (Å²) < 4.78 is 27.9. The summed E-state index contributed by atoms with van der Waals surface area (Å²) in [6, 6.07) is 2.83. The summed E-state index contributed by atoms with van der Waals surface area (Å²) in [6.45, 7) is 7.63. The van der Waals surface area contributed by atoms with Crippen LogP contribution in [-0.2, 0) is 14.8 Å². The third-order valence-corrected chi connectivity index (χ3v) is 7.24. The molecular formula is C19H29N5O4S. The maximum Gasteiger partial charge on any atom is 0.317 e. The molecule has 0 bridgehead atoms. The van der Waals surface area contributed by atoms with E-state index in [2.05, 4.69) is 10.3 Å². The summed E-state index contributed by atoms with van der Waals surface area (Å²) in [7, 11) is -3.78. The molecule has 9 nitrogen and oxygen atoms in total. The van der Waals surface area contributed by atoms with E-state index in [0.29, 0.717) is 19.6 Å². The summed E-state index contributed by atoms with van der Waals surface area (Å²) in [6.07, 6.45) is 3.08. The van der Waals surface area contributed by atoms with E-state index in [1.54, 1.807) is 15.9 Å². The van der Waals surface area contributed by atoms with Crippen molar-refractivity contribution in [3.63, 3.8) is 0 Å². The molecule has 29 heavy (non-hydrogen) atoms. The Hall–Kier alpha value is -2.20. The fourth-order valence-corrected chi connectivity index (χ4v) is 5.57. The van der Waals surface area contributed by atoms with Crippen LogP contribution in [0.1, 0.15) is 27.2 Å². The molecule has 0 saturated carbocycles. The van der Waals surface area contributed by atoms with Crippen LogP contribution in [0.25, 0.3) is 0 Å². The van der Waals surface area contributed by atoms with Gasteiger partial charge in [0.15, 0.2) is 0 Å². The molecule has 1 spiro atoms. The second-order valence-corrected chi connectivity index (χ2v) is 10.1. The highest BCUT2D eigenvalue weighted by Gasteiger charge is 2.48. The lowest BCUT2D eigenvalue weighted by Crippen LogP contribution is -2.49. The minimum atomic E-state index is -3.78. The van der Waals surface area contributed by atoms with E-state index in [1.165, 1.54) is 22.8 Å². The van der Waals surface area contributed by atoms with E-state index in [-0.39, 0.29) is 48.9 Å². The lowest BCUT2D eigenvalue weighted by molar-refractivity contribution is -0.127. The summed E-state index contributed by atoms with van der Waals surface area (Å²) >= 11 is 0. The van der Waals surface area contributed by atoms with Gasteiger partial charge in [-0.25, -0.2) is 13.2 Å². The Bertz CT molecular complexity index is 861. The van der Waals surface area contributed by atoms with E-state index in [1.807, 2.05) is 20.8 Å². The Morgan fingerprint density at radius 2 is 2.03 bits per heavy atom. The zero-order chi connectivity index (χ0) is 21.2. The normalized spacial score (nSPS) is 23.7. The highest BCUT2D eigenvalue weighted by atomic mass is 32.2. The van der Waals surface area contributed by atoms with E-state index in [0.717, 1.165) is 0 Å². The van der Waals surface area contributed by atoms with E-state index < -0.39 is 15.4 Å². The number of hydrogen-bond acceptors (Lipinski definition) is 5. The van der Waals surface area contributed by atoms with Gasteiger partial charge in [0.1, 0.15) is 4.90 Å². The van der Waals surface area contributed by atoms with Crippen molar-refractivity contribution in [2.75, 3.05) is 39.3 Å². The van der Waals surface area contributed by atoms with Crippen LogP contribution in [0.5, 0.6) is 0 Å². The van der Waals surface area contributed by atoms with Crippen LogP contribution < -0.4 is 5.32 Å². The third-order valence-electron chi connectivity index (χ3n) is 5.42. The summed E-state index contributed by atoms with van der Waals surface area (Å²) in [5, 5.41) is 2.88. The predicted octanol–water partition coefficient (Wildman–Crippen LogP) is 0.745. The summed E-state index contributed by atoms with van der Waals surface area (Å²) in [4.78, 5) is 32.6. The average molecular weight is 424 g/mol. The van der Waals surface area contributed by atoms with Crippen LogP contribution in [0.4, 0.5) is 4.79 Å². The zero-order valence-corrected chi connectivity index (χ0v) is 18.0. The van der Waals surface area contributed by atoms with Crippen LogP contribution in [-0.4, -0.2) is 84.8 Å². The number of hydrogen-bond donors (Lipinski definition) is 1. The number of amides is 3. The first kappa shape index (κ1) is 21.5. The first-order valence-electron chi connectivity index (χ1n) is 9.90. The summed E-state index contributed by atoms with van der Waals surface area (Å²) in [5.41, 5.74) is -0.632. The van der Waals surface area contributed by atoms with Gasteiger partial charge in [0, 0.05) is 69.5 Å². The standard InChI is InChI=1S/C19H29N5O4S/c1-4-22-12-19(10-17(22)25)13-23(18(26)21-15(2)3)8-9-24(14-19)29(27,28)16-6-5-7-20-11-16/h5-7,11,15H,4,8-10,12-14H2,1-3H3,(H,21,26). The molecule has 1 aromatic heterocycles. The van der Waals surface area contributed by atoms with E-state index in [9.17, 15) is 18.0 Å². The maximum atomic E-state index is 13.2. The van der Waals surface area contributed by atoms with Gasteiger partial charge in [-0.1, -0.05) is 0 Å². The van der Waals surface area contributed by atoms with Gasteiger partial charge in [-0.3, -0.25) is 9.78 Å². The first-order valence-corrected chi connectivity index (χ1v) is 11.3. The number of carbonyl (C=O) groups excluding carboxylic acids is 2. The van der Waals surface area contributed by atoms with Crippen molar-refractivity contribution < 1.29 is 18.0 Å². The number of urea groups is 1. The van der Waals surface area contributed by atoms with Gasteiger partial charge in [0.2, 0.25) is 15.9 Å². The molecule has 3 amide bonds. The van der Waals surface area contributed by atoms with Gasteiger partial charge in [-0.2, -0.15) is 4.31 Å². The molecule has 0 aromatic carbocycles. The molecule has 1 aromatic rings. The number of nitrogens with zero attached hydrogens (tertiary/aromatic N) is 4. The van der Waals surface area contributed by atoms with Gasteiger partial charge in [0.25, 0.3) is 0 Å². The number of sulfonamides is 1. The van der Waals surface area contributed by atoms with E-state index in [4.69, 9.17) is 0 Å². The third kappa shape index (κ3) is 4.53. The molecule has 2 aliphatic rings. The van der Waals surface area contributed by atoms with Crippen LogP contribution in [0, 0.1) is 5.41 Å². The smallest absolute Gasteiger partial charge is 0.317 e. The Kier molecular flexibility index (Phi) is 6.13. The first-order chi connectivity index (χ1) is 13.7. The van der Waals surface area contributed by atoms with Crippen molar-refractivity contribution in [3.8, 4) is 0 Å². The molecule has 3 rings (SSSR count). The molecule has 2 saturated heterocycles. The second kappa shape index (κ2) is 8.27. The number of carbonyl (C=O) groups is 2. The molecule has 1 atom stereocenters. The van der Waals surface area contributed by atoms with Crippen molar-refractivity contribution in [3.05, 3.63) is 24.5 Å². The van der Waals surface area contributed by atoms with Crippen molar-refractivity contribution >= 4 is 22.0 Å². The van der Waals surface area contributed by atoms with E-state index >= 15 is 0 Å². The quantitative estimate of drug-likeness (QED) is 0.770. The topological polar surface area (TPSA) is 103 Å². The Balaban J connectivity index is 1.93. The van der Waals surface area contributed by atoms with Gasteiger partial charge in [-0.05, 0) is 32.9 Å². The Morgan fingerprint density at radius 1 is 1.28 bits per heavy atom. The molecule has 160 valence electrons. The molecular weight excluding hydrogens is 394 g/mol. The molecule has 1 N–H and O–H groups in total.